The maximum absolute atomic E-state index is 12.5. The van der Waals surface area contributed by atoms with Gasteiger partial charge in [0.25, 0.3) is 0 Å². The van der Waals surface area contributed by atoms with E-state index in [9.17, 15) is 4.79 Å². The summed E-state index contributed by atoms with van der Waals surface area (Å²) in [5.41, 5.74) is 5.45. The van der Waals surface area contributed by atoms with Gasteiger partial charge in [-0.3, -0.25) is 4.79 Å². The highest BCUT2D eigenvalue weighted by atomic mass is 32.1. The lowest BCUT2D eigenvalue weighted by Gasteiger charge is -2.38. The Morgan fingerprint density at radius 1 is 1.12 bits per heavy atom. The fraction of sp³-hybridized carbons (Fsp3) is 0.300. The van der Waals surface area contributed by atoms with Crippen molar-refractivity contribution in [2.75, 3.05) is 23.3 Å². The van der Waals surface area contributed by atoms with Gasteiger partial charge in [0.05, 0.1) is 16.1 Å². The molecule has 0 aliphatic carbocycles. The Kier molecular flexibility index (Phi) is 3.96. The van der Waals surface area contributed by atoms with Gasteiger partial charge in [0.1, 0.15) is 0 Å². The van der Waals surface area contributed by atoms with E-state index < -0.39 is 0 Å². The number of hydrogen-bond acceptors (Lipinski definition) is 4. The highest BCUT2D eigenvalue weighted by Gasteiger charge is 2.34. The number of benzene rings is 2. The van der Waals surface area contributed by atoms with E-state index in [4.69, 9.17) is 4.98 Å². The molecule has 1 N–H and O–H groups in total. The molecule has 4 nitrogen and oxygen atoms in total. The second kappa shape index (κ2) is 6.15. The summed E-state index contributed by atoms with van der Waals surface area (Å²) in [7, 11) is 0. The molecule has 25 heavy (non-hydrogen) atoms. The van der Waals surface area contributed by atoms with Crippen LogP contribution in [0.15, 0.2) is 36.4 Å². The number of carbonyl (C=O) groups excluding carboxylic acids is 1. The normalized spacial score (nSPS) is 14.6. The Morgan fingerprint density at radius 2 is 1.84 bits per heavy atom. The molecule has 0 saturated carbocycles. The minimum absolute atomic E-state index is 0.0219. The smallest absolute Gasteiger partial charge is 0.231 e. The molecule has 3 aromatic rings. The lowest BCUT2D eigenvalue weighted by Crippen LogP contribution is -2.52. The zero-order chi connectivity index (χ0) is 17.6. The van der Waals surface area contributed by atoms with Gasteiger partial charge in [0, 0.05) is 18.8 Å². The van der Waals surface area contributed by atoms with Crippen LogP contribution in [0, 0.1) is 26.7 Å². The third-order valence-corrected chi connectivity index (χ3v) is 5.79. The van der Waals surface area contributed by atoms with E-state index in [0.29, 0.717) is 0 Å². The average Bonchev–Trinajstić information content (AvgIpc) is 2.92. The number of rotatable bonds is 3. The minimum atomic E-state index is 0.0219. The molecule has 1 fully saturated rings. The van der Waals surface area contributed by atoms with Gasteiger partial charge in [-0.15, -0.1) is 0 Å². The Bertz CT molecular complexity index is 957. The molecule has 4 rings (SSSR count). The minimum Gasteiger partial charge on any atom is -0.346 e. The molecule has 1 aliphatic rings. The van der Waals surface area contributed by atoms with Crippen molar-refractivity contribution >= 4 is 38.3 Å². The van der Waals surface area contributed by atoms with E-state index in [1.165, 1.54) is 10.3 Å². The number of aryl methyl sites for hydroxylation is 3. The third-order valence-electron chi connectivity index (χ3n) is 4.71. The van der Waals surface area contributed by atoms with Crippen LogP contribution in [-0.2, 0) is 4.79 Å². The number of amides is 1. The van der Waals surface area contributed by atoms with Crippen LogP contribution in [0.2, 0.25) is 0 Å². The first kappa shape index (κ1) is 16.1. The molecule has 0 atom stereocenters. The lowest BCUT2D eigenvalue weighted by atomic mass is 9.99. The Balaban J connectivity index is 1.42. The first-order valence-electron chi connectivity index (χ1n) is 8.50. The number of nitrogens with zero attached hydrogens (tertiary/aromatic N) is 2. The van der Waals surface area contributed by atoms with Crippen molar-refractivity contribution in [3.8, 4) is 0 Å². The molecule has 1 aliphatic heterocycles. The largest absolute Gasteiger partial charge is 0.346 e. The monoisotopic (exact) mass is 351 g/mol. The first-order chi connectivity index (χ1) is 12.0. The maximum Gasteiger partial charge on any atom is 0.231 e. The molecule has 1 saturated heterocycles. The highest BCUT2D eigenvalue weighted by molar-refractivity contribution is 7.22. The van der Waals surface area contributed by atoms with Crippen LogP contribution in [0.1, 0.15) is 16.7 Å². The van der Waals surface area contributed by atoms with Crippen molar-refractivity contribution < 1.29 is 4.79 Å². The predicted molar refractivity (Wildman–Crippen MR) is 105 cm³/mol. The Labute approximate surface area is 151 Å². The van der Waals surface area contributed by atoms with Crippen molar-refractivity contribution in [2.24, 2.45) is 5.92 Å². The van der Waals surface area contributed by atoms with Crippen molar-refractivity contribution in [2.45, 2.75) is 20.8 Å². The summed E-state index contributed by atoms with van der Waals surface area (Å²) >= 11 is 1.70. The number of nitrogens with one attached hydrogen (secondary N) is 1. The van der Waals surface area contributed by atoms with E-state index in [1.807, 2.05) is 26.0 Å². The van der Waals surface area contributed by atoms with Gasteiger partial charge in [-0.05, 0) is 55.7 Å². The fourth-order valence-corrected chi connectivity index (χ4v) is 4.14. The summed E-state index contributed by atoms with van der Waals surface area (Å²) < 4.78 is 1.21. The van der Waals surface area contributed by atoms with Gasteiger partial charge in [-0.1, -0.05) is 29.5 Å². The van der Waals surface area contributed by atoms with Crippen molar-refractivity contribution in [1.82, 2.24) is 4.98 Å². The Hall–Kier alpha value is -2.40. The maximum atomic E-state index is 12.5. The van der Waals surface area contributed by atoms with Crippen LogP contribution in [0.3, 0.4) is 0 Å². The van der Waals surface area contributed by atoms with Gasteiger partial charge < -0.3 is 10.2 Å². The van der Waals surface area contributed by atoms with E-state index in [0.717, 1.165) is 40.6 Å². The van der Waals surface area contributed by atoms with E-state index >= 15 is 0 Å². The molecule has 1 aromatic heterocycles. The molecular formula is C20H21N3OS. The van der Waals surface area contributed by atoms with Gasteiger partial charge in [0.15, 0.2) is 5.13 Å². The summed E-state index contributed by atoms with van der Waals surface area (Å²) in [5, 5.41) is 4.09. The molecule has 0 bridgehead atoms. The van der Waals surface area contributed by atoms with Crippen LogP contribution in [-0.4, -0.2) is 24.0 Å². The van der Waals surface area contributed by atoms with E-state index in [2.05, 4.69) is 41.4 Å². The quantitative estimate of drug-likeness (QED) is 0.765. The van der Waals surface area contributed by atoms with Crippen LogP contribution < -0.4 is 10.2 Å². The SMILES string of the molecule is Cc1ccc(C)c(NC(=O)C2CN(c3nc4ccc(C)cc4s3)C2)c1. The summed E-state index contributed by atoms with van der Waals surface area (Å²) in [6.07, 6.45) is 0. The summed E-state index contributed by atoms with van der Waals surface area (Å²) in [5.74, 6) is 0.121. The van der Waals surface area contributed by atoms with Gasteiger partial charge >= 0.3 is 0 Å². The summed E-state index contributed by atoms with van der Waals surface area (Å²) in [6.45, 7) is 7.61. The van der Waals surface area contributed by atoms with E-state index in [1.54, 1.807) is 11.3 Å². The number of thiazole rings is 1. The van der Waals surface area contributed by atoms with Gasteiger partial charge in [0.2, 0.25) is 5.91 Å². The number of fused-ring (bicyclic) bond motifs is 1. The highest BCUT2D eigenvalue weighted by Crippen LogP contribution is 2.33. The molecule has 0 radical (unpaired) electrons. The fourth-order valence-electron chi connectivity index (χ4n) is 3.06. The molecule has 5 heteroatoms. The van der Waals surface area contributed by atoms with Crippen LogP contribution >= 0.6 is 11.3 Å². The summed E-state index contributed by atoms with van der Waals surface area (Å²) in [4.78, 5) is 19.4. The van der Waals surface area contributed by atoms with Crippen LogP contribution in [0.5, 0.6) is 0 Å². The van der Waals surface area contributed by atoms with Gasteiger partial charge in [-0.2, -0.15) is 0 Å². The average molecular weight is 351 g/mol. The molecule has 2 heterocycles. The molecule has 2 aromatic carbocycles. The molecule has 0 spiro atoms. The number of anilines is 2. The third kappa shape index (κ3) is 3.12. The van der Waals surface area contributed by atoms with Crippen molar-refractivity contribution in [3.63, 3.8) is 0 Å². The van der Waals surface area contributed by atoms with Crippen molar-refractivity contribution in [1.29, 1.82) is 0 Å². The van der Waals surface area contributed by atoms with Gasteiger partial charge in [-0.25, -0.2) is 4.98 Å². The topological polar surface area (TPSA) is 45.2 Å². The van der Waals surface area contributed by atoms with Crippen LogP contribution in [0.25, 0.3) is 10.2 Å². The zero-order valence-corrected chi connectivity index (χ0v) is 15.5. The lowest BCUT2D eigenvalue weighted by molar-refractivity contribution is -0.120. The second-order valence-electron chi connectivity index (χ2n) is 6.88. The number of hydrogen-bond donors (Lipinski definition) is 1. The molecule has 0 unspecified atom stereocenters. The van der Waals surface area contributed by atoms with Crippen molar-refractivity contribution in [3.05, 3.63) is 53.1 Å². The van der Waals surface area contributed by atoms with Crippen LogP contribution in [0.4, 0.5) is 10.8 Å². The molecule has 128 valence electrons. The number of carbonyl (C=O) groups is 1. The predicted octanol–water partition coefficient (Wildman–Crippen LogP) is 4.30. The molecule has 1 amide bonds. The van der Waals surface area contributed by atoms with E-state index in [-0.39, 0.29) is 11.8 Å². The molecular weight excluding hydrogens is 330 g/mol. The number of aromatic nitrogens is 1. The first-order valence-corrected chi connectivity index (χ1v) is 9.31. The Morgan fingerprint density at radius 3 is 2.64 bits per heavy atom. The second-order valence-corrected chi connectivity index (χ2v) is 7.89. The zero-order valence-electron chi connectivity index (χ0n) is 14.7. The standard InChI is InChI=1S/C20H21N3OS/c1-12-4-6-14(3)17(8-12)21-19(24)15-10-23(11-15)20-22-16-7-5-13(2)9-18(16)25-20/h4-9,15H,10-11H2,1-3H3,(H,21,24). The summed E-state index contributed by atoms with van der Waals surface area (Å²) in [6, 6.07) is 12.4.